The van der Waals surface area contributed by atoms with Crippen LogP contribution in [0.2, 0.25) is 0 Å². The predicted octanol–water partition coefficient (Wildman–Crippen LogP) is 2.25. The quantitative estimate of drug-likeness (QED) is 0.574. The molecule has 15 heavy (non-hydrogen) atoms. The number of cyclic esters (lactones) is 1. The van der Waals surface area contributed by atoms with Crippen molar-refractivity contribution in [2.24, 2.45) is 11.3 Å². The summed E-state index contributed by atoms with van der Waals surface area (Å²) >= 11 is 0. The van der Waals surface area contributed by atoms with E-state index >= 15 is 0 Å². The average molecular weight is 212 g/mol. The van der Waals surface area contributed by atoms with Crippen LogP contribution in [0, 0.1) is 11.3 Å². The highest BCUT2D eigenvalue weighted by molar-refractivity contribution is 5.82. The molecular weight excluding hydrogens is 192 g/mol. The number of carbonyl (C=O) groups excluding carboxylic acids is 1. The summed E-state index contributed by atoms with van der Waals surface area (Å²) in [4.78, 5) is 11.7. The molecule has 2 unspecified atom stereocenters. The minimum atomic E-state index is -0.957. The minimum Gasteiger partial charge on any atom is -0.435 e. The van der Waals surface area contributed by atoms with E-state index in [0.29, 0.717) is 12.3 Å². The van der Waals surface area contributed by atoms with Gasteiger partial charge in [-0.2, -0.15) is 0 Å². The van der Waals surface area contributed by atoms with E-state index in [0.717, 1.165) is 18.4 Å². The second-order valence-electron chi connectivity index (χ2n) is 4.86. The van der Waals surface area contributed by atoms with Gasteiger partial charge in [0.15, 0.2) is 0 Å². The lowest BCUT2D eigenvalue weighted by Crippen LogP contribution is -2.28. The van der Waals surface area contributed by atoms with Gasteiger partial charge in [-0.15, -0.1) is 0 Å². The van der Waals surface area contributed by atoms with Gasteiger partial charge in [0.05, 0.1) is 5.41 Å². The molecular formula is C12H20O3. The molecule has 0 aromatic heterocycles. The molecule has 1 fully saturated rings. The molecule has 0 aromatic rings. The van der Waals surface area contributed by atoms with Crippen molar-refractivity contribution in [3.63, 3.8) is 0 Å². The van der Waals surface area contributed by atoms with Gasteiger partial charge in [-0.1, -0.05) is 26.0 Å². The fourth-order valence-corrected chi connectivity index (χ4v) is 1.96. The molecule has 0 amide bonds. The van der Waals surface area contributed by atoms with Crippen LogP contribution in [0.3, 0.4) is 0 Å². The molecule has 1 saturated heterocycles. The van der Waals surface area contributed by atoms with Crippen molar-refractivity contribution in [3.05, 3.63) is 12.2 Å². The van der Waals surface area contributed by atoms with Crippen LogP contribution in [0.1, 0.15) is 40.0 Å². The Labute approximate surface area is 91.1 Å². The van der Waals surface area contributed by atoms with Crippen molar-refractivity contribution < 1.29 is 14.6 Å². The van der Waals surface area contributed by atoms with E-state index in [2.05, 4.69) is 20.4 Å². The van der Waals surface area contributed by atoms with Crippen LogP contribution >= 0.6 is 0 Å². The summed E-state index contributed by atoms with van der Waals surface area (Å²) in [5.74, 6) is 0.218. The summed E-state index contributed by atoms with van der Waals surface area (Å²) in [6, 6.07) is 0. The van der Waals surface area contributed by atoms with Crippen molar-refractivity contribution in [3.8, 4) is 0 Å². The number of aliphatic hydroxyl groups excluding tert-OH is 1. The highest BCUT2D eigenvalue weighted by Gasteiger charge is 2.48. The number of aliphatic hydroxyl groups is 1. The predicted molar refractivity (Wildman–Crippen MR) is 58.0 cm³/mol. The van der Waals surface area contributed by atoms with Crippen molar-refractivity contribution in [1.29, 1.82) is 0 Å². The number of rotatable bonds is 4. The third-order valence-electron chi connectivity index (χ3n) is 3.12. The molecule has 3 nitrogen and oxygen atoms in total. The van der Waals surface area contributed by atoms with Crippen molar-refractivity contribution in [2.75, 3.05) is 0 Å². The van der Waals surface area contributed by atoms with Crippen LogP contribution in [0.15, 0.2) is 12.2 Å². The summed E-state index contributed by atoms with van der Waals surface area (Å²) in [5.41, 5.74) is 0.147. The van der Waals surface area contributed by atoms with Gasteiger partial charge in [0.1, 0.15) is 0 Å². The zero-order valence-corrected chi connectivity index (χ0v) is 9.75. The van der Waals surface area contributed by atoms with Gasteiger partial charge in [0.2, 0.25) is 6.29 Å². The summed E-state index contributed by atoms with van der Waals surface area (Å²) < 4.78 is 4.83. The van der Waals surface area contributed by atoms with Crippen LogP contribution < -0.4 is 0 Å². The maximum absolute atomic E-state index is 11.7. The Morgan fingerprint density at radius 2 is 2.33 bits per heavy atom. The fourth-order valence-electron chi connectivity index (χ4n) is 1.96. The molecule has 1 N–H and O–H groups in total. The smallest absolute Gasteiger partial charge is 0.318 e. The number of hydrogen-bond donors (Lipinski definition) is 1. The lowest BCUT2D eigenvalue weighted by molar-refractivity contribution is -0.157. The molecule has 1 heterocycles. The second-order valence-corrected chi connectivity index (χ2v) is 4.86. The standard InChI is InChI=1S/C12H20O3/c1-8(2)5-6-12(9(3)4)7-10(13)15-11(12)14/h8,10,13H,3,5-7H2,1-2,4H3. The Morgan fingerprint density at radius 3 is 2.67 bits per heavy atom. The van der Waals surface area contributed by atoms with Crippen LogP contribution in [0.4, 0.5) is 0 Å². The molecule has 2 atom stereocenters. The zero-order valence-electron chi connectivity index (χ0n) is 9.75. The Morgan fingerprint density at radius 1 is 1.73 bits per heavy atom. The number of hydrogen-bond acceptors (Lipinski definition) is 3. The SMILES string of the molecule is C=C(C)C1(CCC(C)C)CC(O)OC1=O. The molecule has 0 saturated carbocycles. The molecule has 1 rings (SSSR count). The highest BCUT2D eigenvalue weighted by atomic mass is 16.6. The minimum absolute atomic E-state index is 0.317. The van der Waals surface area contributed by atoms with E-state index in [9.17, 15) is 9.90 Å². The van der Waals surface area contributed by atoms with Crippen LogP contribution in [0.25, 0.3) is 0 Å². The topological polar surface area (TPSA) is 46.5 Å². The van der Waals surface area contributed by atoms with E-state index in [1.165, 1.54) is 0 Å². The maximum Gasteiger partial charge on any atom is 0.318 e. The number of esters is 1. The second kappa shape index (κ2) is 4.35. The van der Waals surface area contributed by atoms with Gasteiger partial charge >= 0.3 is 5.97 Å². The Bertz CT molecular complexity index is 270. The first-order valence-electron chi connectivity index (χ1n) is 5.43. The van der Waals surface area contributed by atoms with Gasteiger partial charge in [-0.05, 0) is 25.7 Å². The summed E-state index contributed by atoms with van der Waals surface area (Å²) in [6.45, 7) is 9.92. The van der Waals surface area contributed by atoms with Crippen molar-refractivity contribution in [1.82, 2.24) is 0 Å². The van der Waals surface area contributed by atoms with Crippen molar-refractivity contribution in [2.45, 2.75) is 46.3 Å². The summed E-state index contributed by atoms with van der Waals surface area (Å²) in [6.07, 6.45) is 1.06. The highest BCUT2D eigenvalue weighted by Crippen LogP contribution is 2.43. The molecule has 86 valence electrons. The van der Waals surface area contributed by atoms with Crippen LogP contribution in [-0.2, 0) is 9.53 Å². The fraction of sp³-hybridized carbons (Fsp3) is 0.750. The molecule has 0 bridgehead atoms. The van der Waals surface area contributed by atoms with Gasteiger partial charge in [0, 0.05) is 6.42 Å². The van der Waals surface area contributed by atoms with Gasteiger partial charge in [-0.3, -0.25) is 4.79 Å². The van der Waals surface area contributed by atoms with E-state index < -0.39 is 11.7 Å². The van der Waals surface area contributed by atoms with Gasteiger partial charge < -0.3 is 9.84 Å². The molecule has 0 spiro atoms. The molecule has 1 aliphatic rings. The third kappa shape index (κ3) is 2.40. The Kier molecular flexibility index (Phi) is 3.55. The first kappa shape index (κ1) is 12.2. The largest absolute Gasteiger partial charge is 0.435 e. The Balaban J connectivity index is 2.80. The lowest BCUT2D eigenvalue weighted by atomic mass is 9.75. The number of carbonyl (C=O) groups is 1. The Hall–Kier alpha value is -0.830. The van der Waals surface area contributed by atoms with E-state index in [-0.39, 0.29) is 5.97 Å². The van der Waals surface area contributed by atoms with Gasteiger partial charge in [-0.25, -0.2) is 0 Å². The molecule has 3 heteroatoms. The van der Waals surface area contributed by atoms with Crippen LogP contribution in [-0.4, -0.2) is 17.4 Å². The average Bonchev–Trinajstić information content (AvgIpc) is 2.38. The monoisotopic (exact) mass is 212 g/mol. The number of ether oxygens (including phenoxy) is 1. The van der Waals surface area contributed by atoms with E-state index in [4.69, 9.17) is 4.74 Å². The molecule has 1 aliphatic heterocycles. The maximum atomic E-state index is 11.7. The zero-order chi connectivity index (χ0) is 11.6. The molecule has 0 aromatic carbocycles. The van der Waals surface area contributed by atoms with E-state index in [1.54, 1.807) is 0 Å². The van der Waals surface area contributed by atoms with Gasteiger partial charge in [0.25, 0.3) is 0 Å². The molecule has 0 aliphatic carbocycles. The summed E-state index contributed by atoms with van der Waals surface area (Å²) in [7, 11) is 0. The molecule has 0 radical (unpaired) electrons. The lowest BCUT2D eigenvalue weighted by Gasteiger charge is -2.25. The van der Waals surface area contributed by atoms with Crippen molar-refractivity contribution >= 4 is 5.97 Å². The normalized spacial score (nSPS) is 30.7. The van der Waals surface area contributed by atoms with Crippen LogP contribution in [0.5, 0.6) is 0 Å². The van der Waals surface area contributed by atoms with E-state index in [1.807, 2.05) is 6.92 Å². The first-order valence-corrected chi connectivity index (χ1v) is 5.43. The third-order valence-corrected chi connectivity index (χ3v) is 3.12. The summed E-state index contributed by atoms with van der Waals surface area (Å²) in [5, 5.41) is 9.37. The first-order chi connectivity index (χ1) is 6.88.